The number of nitrogens with one attached hydrogen (secondary N) is 1. The van der Waals surface area contributed by atoms with Crippen molar-refractivity contribution in [1.29, 1.82) is 0 Å². The number of hydrogen-bond donors (Lipinski definition) is 2. The summed E-state index contributed by atoms with van der Waals surface area (Å²) in [5, 5.41) is 12.6. The van der Waals surface area contributed by atoms with Crippen molar-refractivity contribution in [3.63, 3.8) is 0 Å². The van der Waals surface area contributed by atoms with Crippen molar-refractivity contribution in [2.45, 2.75) is 13.8 Å². The first-order valence-electron chi connectivity index (χ1n) is 5.58. The third kappa shape index (κ3) is 3.00. The fourth-order valence-corrected chi connectivity index (χ4v) is 1.77. The lowest BCUT2D eigenvalue weighted by molar-refractivity contribution is 0.0690. The van der Waals surface area contributed by atoms with Gasteiger partial charge >= 0.3 is 5.97 Å². The lowest BCUT2D eigenvalue weighted by Crippen LogP contribution is -2.07. The lowest BCUT2D eigenvalue weighted by atomic mass is 10.2. The van der Waals surface area contributed by atoms with E-state index in [2.05, 4.69) is 15.3 Å². The monoisotopic (exact) mass is 277 g/mol. The minimum absolute atomic E-state index is 0.0466. The Morgan fingerprint density at radius 2 is 2.05 bits per heavy atom. The number of carboxylic acids is 1. The highest BCUT2D eigenvalue weighted by Crippen LogP contribution is 2.25. The first-order valence-corrected chi connectivity index (χ1v) is 5.96. The highest BCUT2D eigenvalue weighted by Gasteiger charge is 2.10. The van der Waals surface area contributed by atoms with Crippen LogP contribution in [-0.2, 0) is 0 Å². The second kappa shape index (κ2) is 5.24. The molecule has 2 N–H and O–H groups in total. The number of aromatic carboxylic acids is 1. The maximum atomic E-state index is 10.9. The van der Waals surface area contributed by atoms with E-state index in [1.807, 2.05) is 13.0 Å². The Labute approximate surface area is 115 Å². The van der Waals surface area contributed by atoms with Crippen LogP contribution in [0.3, 0.4) is 0 Å². The van der Waals surface area contributed by atoms with Crippen LogP contribution in [0.15, 0.2) is 24.3 Å². The van der Waals surface area contributed by atoms with Crippen LogP contribution in [0.25, 0.3) is 0 Å². The molecule has 0 atom stereocenters. The Kier molecular flexibility index (Phi) is 3.66. The standard InChI is InChI=1S/C13H12ClN3O2/c1-7-6-11(12(18)19)17-13(15-7)16-10-5-3-4-9(14)8(10)2/h3-6H,1-2H3,(H,18,19)(H,15,16,17). The van der Waals surface area contributed by atoms with E-state index in [0.717, 1.165) is 11.3 Å². The van der Waals surface area contributed by atoms with Crippen molar-refractivity contribution in [3.8, 4) is 0 Å². The average molecular weight is 278 g/mol. The maximum Gasteiger partial charge on any atom is 0.354 e. The molecule has 0 aliphatic heterocycles. The van der Waals surface area contributed by atoms with E-state index in [0.29, 0.717) is 10.7 Å². The van der Waals surface area contributed by atoms with E-state index >= 15 is 0 Å². The van der Waals surface area contributed by atoms with Crippen molar-refractivity contribution in [2.75, 3.05) is 5.32 Å². The topological polar surface area (TPSA) is 75.1 Å². The van der Waals surface area contributed by atoms with Gasteiger partial charge in [-0.3, -0.25) is 0 Å². The van der Waals surface area contributed by atoms with Gasteiger partial charge in [-0.25, -0.2) is 14.8 Å². The smallest absolute Gasteiger partial charge is 0.354 e. The van der Waals surface area contributed by atoms with Crippen LogP contribution in [0.1, 0.15) is 21.7 Å². The van der Waals surface area contributed by atoms with E-state index in [1.54, 1.807) is 19.1 Å². The van der Waals surface area contributed by atoms with Gasteiger partial charge < -0.3 is 10.4 Å². The predicted molar refractivity (Wildman–Crippen MR) is 73.2 cm³/mol. The zero-order chi connectivity index (χ0) is 14.0. The van der Waals surface area contributed by atoms with Gasteiger partial charge in [-0.15, -0.1) is 0 Å². The zero-order valence-electron chi connectivity index (χ0n) is 10.4. The predicted octanol–water partition coefficient (Wildman–Crippen LogP) is 3.19. The SMILES string of the molecule is Cc1cc(C(=O)O)nc(Nc2cccc(Cl)c2C)n1. The number of benzene rings is 1. The number of rotatable bonds is 3. The number of nitrogens with zero attached hydrogens (tertiary/aromatic N) is 2. The molecule has 0 aliphatic rings. The number of halogens is 1. The largest absolute Gasteiger partial charge is 0.477 e. The molecule has 0 amide bonds. The molecule has 1 aromatic heterocycles. The summed E-state index contributed by atoms with van der Waals surface area (Å²) in [6.07, 6.45) is 0. The van der Waals surface area contributed by atoms with Crippen LogP contribution in [-0.4, -0.2) is 21.0 Å². The number of aromatic nitrogens is 2. The molecule has 0 spiro atoms. The molecule has 0 fully saturated rings. The molecule has 98 valence electrons. The third-order valence-corrected chi connectivity index (χ3v) is 3.00. The molecule has 0 unspecified atom stereocenters. The summed E-state index contributed by atoms with van der Waals surface area (Å²) in [5.74, 6) is -0.848. The van der Waals surface area contributed by atoms with Crippen molar-refractivity contribution < 1.29 is 9.90 Å². The number of hydrogen-bond acceptors (Lipinski definition) is 4. The Bertz CT molecular complexity index is 644. The molecule has 1 heterocycles. The van der Waals surface area contributed by atoms with Gasteiger partial charge in [0.15, 0.2) is 5.69 Å². The molecule has 5 nitrogen and oxygen atoms in total. The Morgan fingerprint density at radius 3 is 2.74 bits per heavy atom. The van der Waals surface area contributed by atoms with Gasteiger partial charge in [-0.05, 0) is 37.6 Å². The summed E-state index contributed by atoms with van der Waals surface area (Å²) >= 11 is 6.02. The van der Waals surface area contributed by atoms with Crippen LogP contribution >= 0.6 is 11.6 Å². The fourth-order valence-electron chi connectivity index (χ4n) is 1.60. The normalized spacial score (nSPS) is 10.3. The molecule has 2 rings (SSSR count). The van der Waals surface area contributed by atoms with Crippen LogP contribution in [0.4, 0.5) is 11.6 Å². The highest BCUT2D eigenvalue weighted by molar-refractivity contribution is 6.31. The molecular formula is C13H12ClN3O2. The highest BCUT2D eigenvalue weighted by atomic mass is 35.5. The molecule has 0 bridgehead atoms. The van der Waals surface area contributed by atoms with Crippen molar-refractivity contribution >= 4 is 29.2 Å². The summed E-state index contributed by atoms with van der Waals surface area (Å²) in [4.78, 5) is 19.0. The van der Waals surface area contributed by atoms with Gasteiger partial charge in [-0.2, -0.15) is 0 Å². The molecule has 0 saturated heterocycles. The molecule has 2 aromatic rings. The second-order valence-electron chi connectivity index (χ2n) is 4.06. The van der Waals surface area contributed by atoms with Crippen LogP contribution in [0, 0.1) is 13.8 Å². The van der Waals surface area contributed by atoms with E-state index < -0.39 is 5.97 Å². The summed E-state index contributed by atoms with van der Waals surface area (Å²) in [6.45, 7) is 3.57. The number of carbonyl (C=O) groups is 1. The Hall–Kier alpha value is -2.14. The molecule has 0 aliphatic carbocycles. The van der Waals surface area contributed by atoms with Crippen LogP contribution in [0.2, 0.25) is 5.02 Å². The van der Waals surface area contributed by atoms with E-state index in [1.165, 1.54) is 6.07 Å². The third-order valence-electron chi connectivity index (χ3n) is 2.59. The Balaban J connectivity index is 2.38. The molecule has 0 radical (unpaired) electrons. The van der Waals surface area contributed by atoms with Gasteiger partial charge in [0.1, 0.15) is 0 Å². The summed E-state index contributed by atoms with van der Waals surface area (Å²) < 4.78 is 0. The molecular weight excluding hydrogens is 266 g/mol. The first-order chi connectivity index (χ1) is 8.97. The van der Waals surface area contributed by atoms with Gasteiger partial charge in [0.2, 0.25) is 5.95 Å². The van der Waals surface area contributed by atoms with Crippen molar-refractivity contribution in [1.82, 2.24) is 9.97 Å². The minimum Gasteiger partial charge on any atom is -0.477 e. The average Bonchev–Trinajstić information content (AvgIpc) is 2.34. The molecule has 0 saturated carbocycles. The second-order valence-corrected chi connectivity index (χ2v) is 4.47. The summed E-state index contributed by atoms with van der Waals surface area (Å²) in [5.41, 5.74) is 2.13. The first kappa shape index (κ1) is 13.3. The molecule has 1 aromatic carbocycles. The lowest BCUT2D eigenvalue weighted by Gasteiger charge is -2.10. The molecule has 19 heavy (non-hydrogen) atoms. The zero-order valence-corrected chi connectivity index (χ0v) is 11.2. The van der Waals surface area contributed by atoms with Crippen LogP contribution < -0.4 is 5.32 Å². The van der Waals surface area contributed by atoms with Gasteiger partial charge in [0, 0.05) is 16.4 Å². The van der Waals surface area contributed by atoms with Gasteiger partial charge in [0.05, 0.1) is 0 Å². The number of aryl methyl sites for hydroxylation is 1. The van der Waals surface area contributed by atoms with Crippen molar-refractivity contribution in [3.05, 3.63) is 46.2 Å². The minimum atomic E-state index is -1.09. The fraction of sp³-hybridized carbons (Fsp3) is 0.154. The van der Waals surface area contributed by atoms with Gasteiger partial charge in [0.25, 0.3) is 0 Å². The van der Waals surface area contributed by atoms with Crippen molar-refractivity contribution in [2.24, 2.45) is 0 Å². The van der Waals surface area contributed by atoms with E-state index in [-0.39, 0.29) is 11.6 Å². The van der Waals surface area contributed by atoms with E-state index in [9.17, 15) is 4.79 Å². The quantitative estimate of drug-likeness (QED) is 0.901. The number of carboxylic acid groups (broad SMARTS) is 1. The maximum absolute atomic E-state index is 10.9. The molecule has 6 heteroatoms. The summed E-state index contributed by atoms with van der Waals surface area (Å²) in [6, 6.07) is 6.82. The summed E-state index contributed by atoms with van der Waals surface area (Å²) in [7, 11) is 0. The Morgan fingerprint density at radius 1 is 1.32 bits per heavy atom. The van der Waals surface area contributed by atoms with Crippen LogP contribution in [0.5, 0.6) is 0 Å². The van der Waals surface area contributed by atoms with E-state index in [4.69, 9.17) is 16.7 Å². The van der Waals surface area contributed by atoms with Gasteiger partial charge in [-0.1, -0.05) is 17.7 Å². The number of anilines is 2.